The van der Waals surface area contributed by atoms with Crippen LogP contribution in [0.5, 0.6) is 0 Å². The van der Waals surface area contributed by atoms with E-state index in [0.29, 0.717) is 12.6 Å². The number of carbonyl (C=O) groups excluding carboxylic acids is 1. The Morgan fingerprint density at radius 3 is 3.00 bits per heavy atom. The van der Waals surface area contributed by atoms with E-state index in [1.54, 1.807) is 18.1 Å². The summed E-state index contributed by atoms with van der Waals surface area (Å²) in [6, 6.07) is 0.451. The molecule has 0 radical (unpaired) electrons. The average molecular weight is 326 g/mol. The maximum absolute atomic E-state index is 12.3. The van der Waals surface area contributed by atoms with E-state index >= 15 is 0 Å². The fourth-order valence-electron chi connectivity index (χ4n) is 2.66. The zero-order chi connectivity index (χ0) is 15.9. The molecule has 0 saturated carbocycles. The van der Waals surface area contributed by atoms with Crippen molar-refractivity contribution in [1.29, 1.82) is 0 Å². The van der Waals surface area contributed by atoms with Crippen LogP contribution in [0.15, 0.2) is 11.6 Å². The number of hydrogen-bond donors (Lipinski definition) is 0. The number of aromatic nitrogens is 1. The van der Waals surface area contributed by atoms with Crippen molar-refractivity contribution in [3.8, 4) is 0 Å². The van der Waals surface area contributed by atoms with E-state index < -0.39 is 0 Å². The topological polar surface area (TPSA) is 48.9 Å². The standard InChI is InChI=1S/C15H26N4O2S/c1-4-21-9-8-19-7-6-18(11-13(19)2)12-14(20)17(3)15-16-5-10-22-15/h5,10,13H,4,6-9,11-12H2,1-3H3. The molecule has 0 spiro atoms. The fourth-order valence-corrected chi connectivity index (χ4v) is 3.28. The first-order chi connectivity index (χ1) is 10.6. The van der Waals surface area contributed by atoms with Crippen LogP contribution in [-0.4, -0.2) is 79.7 Å². The highest BCUT2D eigenvalue weighted by atomic mass is 32.1. The lowest BCUT2D eigenvalue weighted by Crippen LogP contribution is -2.54. The highest BCUT2D eigenvalue weighted by Crippen LogP contribution is 2.16. The zero-order valence-electron chi connectivity index (χ0n) is 13.7. The summed E-state index contributed by atoms with van der Waals surface area (Å²) >= 11 is 1.49. The molecule has 1 amide bonds. The molecule has 1 aromatic heterocycles. The molecule has 1 aromatic rings. The second-order valence-corrected chi connectivity index (χ2v) is 6.46. The van der Waals surface area contributed by atoms with Gasteiger partial charge in [0.25, 0.3) is 0 Å². The van der Waals surface area contributed by atoms with Crippen LogP contribution in [-0.2, 0) is 9.53 Å². The summed E-state index contributed by atoms with van der Waals surface area (Å²) in [7, 11) is 1.79. The van der Waals surface area contributed by atoms with Gasteiger partial charge in [-0.25, -0.2) is 4.98 Å². The van der Waals surface area contributed by atoms with Gasteiger partial charge >= 0.3 is 0 Å². The first kappa shape index (κ1) is 17.3. The predicted octanol–water partition coefficient (Wildman–Crippen LogP) is 1.15. The first-order valence-corrected chi connectivity index (χ1v) is 8.70. The monoisotopic (exact) mass is 326 g/mol. The molecule has 1 aliphatic heterocycles. The van der Waals surface area contributed by atoms with E-state index in [2.05, 4.69) is 21.7 Å². The number of amides is 1. The Labute approximate surface area is 136 Å². The van der Waals surface area contributed by atoms with Gasteiger partial charge in [0.15, 0.2) is 5.13 Å². The van der Waals surface area contributed by atoms with Gasteiger partial charge in [-0.3, -0.25) is 19.5 Å². The highest BCUT2D eigenvalue weighted by molar-refractivity contribution is 7.13. The number of carbonyl (C=O) groups is 1. The second-order valence-electron chi connectivity index (χ2n) is 5.58. The smallest absolute Gasteiger partial charge is 0.242 e. The maximum Gasteiger partial charge on any atom is 0.242 e. The number of anilines is 1. The van der Waals surface area contributed by atoms with E-state index in [-0.39, 0.29) is 5.91 Å². The van der Waals surface area contributed by atoms with Crippen molar-refractivity contribution in [1.82, 2.24) is 14.8 Å². The Balaban J connectivity index is 1.77. The van der Waals surface area contributed by atoms with Crippen molar-refractivity contribution in [2.75, 3.05) is 57.9 Å². The Morgan fingerprint density at radius 1 is 1.55 bits per heavy atom. The molecule has 124 valence electrons. The summed E-state index contributed by atoms with van der Waals surface area (Å²) < 4.78 is 5.43. The van der Waals surface area contributed by atoms with Crippen LogP contribution in [0.1, 0.15) is 13.8 Å². The minimum atomic E-state index is 0.102. The van der Waals surface area contributed by atoms with Gasteiger partial charge < -0.3 is 4.74 Å². The molecule has 1 fully saturated rings. The van der Waals surface area contributed by atoms with Crippen LogP contribution in [0.2, 0.25) is 0 Å². The van der Waals surface area contributed by atoms with E-state index in [9.17, 15) is 4.79 Å². The molecule has 0 aliphatic carbocycles. The number of thiazole rings is 1. The summed E-state index contributed by atoms with van der Waals surface area (Å²) in [5, 5.41) is 2.65. The Bertz CT molecular complexity index is 454. The first-order valence-electron chi connectivity index (χ1n) is 7.82. The summed E-state index contributed by atoms with van der Waals surface area (Å²) in [4.78, 5) is 22.8. The normalized spacial score (nSPS) is 20.2. The van der Waals surface area contributed by atoms with Crippen LogP contribution in [0.25, 0.3) is 0 Å². The Morgan fingerprint density at radius 2 is 2.36 bits per heavy atom. The van der Waals surface area contributed by atoms with Gasteiger partial charge in [0.05, 0.1) is 13.2 Å². The molecule has 0 aromatic carbocycles. The number of hydrogen-bond acceptors (Lipinski definition) is 6. The number of piperazine rings is 1. The minimum Gasteiger partial charge on any atom is -0.380 e. The van der Waals surface area contributed by atoms with Gasteiger partial charge in [-0.2, -0.15) is 0 Å². The van der Waals surface area contributed by atoms with Crippen LogP contribution < -0.4 is 4.90 Å². The number of likely N-dealkylation sites (N-methyl/N-ethyl adjacent to an activating group) is 1. The van der Waals surface area contributed by atoms with Crippen LogP contribution >= 0.6 is 11.3 Å². The van der Waals surface area contributed by atoms with Gasteiger partial charge in [-0.1, -0.05) is 0 Å². The van der Waals surface area contributed by atoms with Crippen molar-refractivity contribution in [2.24, 2.45) is 0 Å². The van der Waals surface area contributed by atoms with Gasteiger partial charge in [-0.15, -0.1) is 11.3 Å². The molecule has 1 atom stereocenters. The summed E-state index contributed by atoms with van der Waals surface area (Å²) in [6.45, 7) is 10.0. The molecular formula is C15H26N4O2S. The second kappa shape index (κ2) is 8.57. The Kier molecular flexibility index (Phi) is 6.75. The summed E-state index contributed by atoms with van der Waals surface area (Å²) in [6.07, 6.45) is 1.73. The molecular weight excluding hydrogens is 300 g/mol. The van der Waals surface area contributed by atoms with E-state index in [1.807, 2.05) is 12.3 Å². The van der Waals surface area contributed by atoms with Crippen molar-refractivity contribution in [3.05, 3.63) is 11.6 Å². The molecule has 1 aliphatic rings. The molecule has 22 heavy (non-hydrogen) atoms. The summed E-state index contributed by atoms with van der Waals surface area (Å²) in [5.41, 5.74) is 0. The third-order valence-electron chi connectivity index (χ3n) is 4.02. The third kappa shape index (κ3) is 4.74. The van der Waals surface area contributed by atoms with Crippen LogP contribution in [0, 0.1) is 0 Å². The highest BCUT2D eigenvalue weighted by Gasteiger charge is 2.25. The minimum absolute atomic E-state index is 0.102. The molecule has 7 heteroatoms. The quantitative estimate of drug-likeness (QED) is 0.704. The Hall–Kier alpha value is -1.02. The lowest BCUT2D eigenvalue weighted by molar-refractivity contribution is -0.120. The molecule has 1 saturated heterocycles. The van der Waals surface area contributed by atoms with Crippen LogP contribution in [0.4, 0.5) is 5.13 Å². The average Bonchev–Trinajstić information content (AvgIpc) is 3.03. The molecule has 6 nitrogen and oxygen atoms in total. The SMILES string of the molecule is CCOCCN1CCN(CC(=O)N(C)c2nccs2)CC1C. The van der Waals surface area contributed by atoms with Crippen molar-refractivity contribution >= 4 is 22.4 Å². The summed E-state index contributed by atoms with van der Waals surface area (Å²) in [5.74, 6) is 0.102. The maximum atomic E-state index is 12.3. The fraction of sp³-hybridized carbons (Fsp3) is 0.733. The largest absolute Gasteiger partial charge is 0.380 e. The van der Waals surface area contributed by atoms with E-state index in [4.69, 9.17) is 4.74 Å². The number of rotatable bonds is 7. The van der Waals surface area contributed by atoms with Gasteiger partial charge in [0.1, 0.15) is 0 Å². The van der Waals surface area contributed by atoms with Gasteiger partial charge in [0.2, 0.25) is 5.91 Å². The lowest BCUT2D eigenvalue weighted by atomic mass is 10.2. The van der Waals surface area contributed by atoms with Crippen molar-refractivity contribution in [3.63, 3.8) is 0 Å². The van der Waals surface area contributed by atoms with Crippen LogP contribution in [0.3, 0.4) is 0 Å². The van der Waals surface area contributed by atoms with Gasteiger partial charge in [0, 0.05) is 57.5 Å². The van der Waals surface area contributed by atoms with E-state index in [1.165, 1.54) is 11.3 Å². The molecule has 0 N–H and O–H groups in total. The zero-order valence-corrected chi connectivity index (χ0v) is 14.5. The predicted molar refractivity (Wildman–Crippen MR) is 89.5 cm³/mol. The molecule has 0 bridgehead atoms. The van der Waals surface area contributed by atoms with Crippen molar-refractivity contribution in [2.45, 2.75) is 19.9 Å². The number of nitrogens with zero attached hydrogens (tertiary/aromatic N) is 4. The molecule has 2 heterocycles. The van der Waals surface area contributed by atoms with Gasteiger partial charge in [-0.05, 0) is 13.8 Å². The van der Waals surface area contributed by atoms with Crippen molar-refractivity contribution < 1.29 is 9.53 Å². The third-order valence-corrected chi connectivity index (χ3v) is 4.86. The molecule has 1 unspecified atom stereocenters. The molecule has 2 rings (SSSR count). The number of ether oxygens (including phenoxy) is 1. The lowest BCUT2D eigenvalue weighted by Gasteiger charge is -2.39. The van der Waals surface area contributed by atoms with E-state index in [0.717, 1.165) is 44.5 Å².